The van der Waals surface area contributed by atoms with E-state index in [4.69, 9.17) is 0 Å². The number of nitriles is 1. The first-order chi connectivity index (χ1) is 14.1. The largest absolute Gasteiger partial charge is 0.393 e. The lowest BCUT2D eigenvalue weighted by atomic mass is 9.98. The van der Waals surface area contributed by atoms with Crippen LogP contribution in [0.15, 0.2) is 48.5 Å². The van der Waals surface area contributed by atoms with Crippen molar-refractivity contribution < 1.29 is 14.4 Å². The Balaban J connectivity index is 1.71. The number of likely N-dealkylation sites (tertiary alicyclic amines) is 1. The Kier molecular flexibility index (Phi) is 5.60. The summed E-state index contributed by atoms with van der Waals surface area (Å²) >= 11 is 0. The number of rotatable bonds is 5. The van der Waals surface area contributed by atoms with E-state index < -0.39 is 0 Å². The summed E-state index contributed by atoms with van der Waals surface area (Å²) in [7, 11) is 0. The van der Waals surface area contributed by atoms with Crippen molar-refractivity contribution in [3.05, 3.63) is 76.9 Å². The molecule has 0 unspecified atom stereocenters. The summed E-state index contributed by atoms with van der Waals surface area (Å²) in [6.45, 7) is 1.99. The van der Waals surface area contributed by atoms with Gasteiger partial charge in [-0.05, 0) is 40.3 Å². The lowest BCUT2D eigenvalue weighted by Crippen LogP contribution is -3.13. The van der Waals surface area contributed by atoms with Crippen molar-refractivity contribution in [1.82, 2.24) is 20.2 Å². The van der Waals surface area contributed by atoms with Crippen molar-refractivity contribution in [3.8, 4) is 6.07 Å². The molecule has 2 heterocycles. The molecular formula is C21H22FN6O+. The molecule has 4 rings (SSSR count). The Morgan fingerprint density at radius 3 is 2.69 bits per heavy atom. The number of aliphatic hydroxyl groups is 1. The molecule has 1 saturated heterocycles. The van der Waals surface area contributed by atoms with Gasteiger partial charge in [0, 0.05) is 18.4 Å². The van der Waals surface area contributed by atoms with Gasteiger partial charge in [-0.3, -0.25) is 0 Å². The number of nitrogens with one attached hydrogen (secondary N) is 1. The third kappa shape index (κ3) is 4.31. The molecule has 1 aromatic heterocycles. The Morgan fingerprint density at radius 2 is 1.97 bits per heavy atom. The van der Waals surface area contributed by atoms with Crippen LogP contribution in [0.2, 0.25) is 0 Å². The van der Waals surface area contributed by atoms with E-state index in [9.17, 15) is 14.8 Å². The normalized spacial score (nSPS) is 20.2. The maximum atomic E-state index is 13.2. The smallest absolute Gasteiger partial charge is 0.214 e. The first-order valence-electron chi connectivity index (χ1n) is 9.67. The summed E-state index contributed by atoms with van der Waals surface area (Å²) < 4.78 is 15.0. The highest BCUT2D eigenvalue weighted by molar-refractivity contribution is 5.35. The van der Waals surface area contributed by atoms with Gasteiger partial charge in [0.05, 0.1) is 37.4 Å². The summed E-state index contributed by atoms with van der Waals surface area (Å²) in [5, 5.41) is 31.6. The van der Waals surface area contributed by atoms with Crippen molar-refractivity contribution in [3.63, 3.8) is 0 Å². The molecule has 1 fully saturated rings. The molecule has 148 valence electrons. The molecule has 1 aliphatic rings. The van der Waals surface area contributed by atoms with Gasteiger partial charge in [0.1, 0.15) is 5.82 Å². The molecular weight excluding hydrogens is 371 g/mol. The van der Waals surface area contributed by atoms with Crippen LogP contribution < -0.4 is 4.90 Å². The van der Waals surface area contributed by atoms with E-state index in [0.29, 0.717) is 30.8 Å². The number of benzene rings is 2. The summed E-state index contributed by atoms with van der Waals surface area (Å²) in [5.74, 6) is 0.406. The van der Waals surface area contributed by atoms with Crippen LogP contribution in [-0.2, 0) is 6.54 Å². The first kappa shape index (κ1) is 19.2. The number of aromatic nitrogens is 4. The van der Waals surface area contributed by atoms with Gasteiger partial charge < -0.3 is 10.0 Å². The molecule has 1 atom stereocenters. The predicted octanol–water partition coefficient (Wildman–Crippen LogP) is 0.861. The highest BCUT2D eigenvalue weighted by Gasteiger charge is 2.34. The third-order valence-electron chi connectivity index (χ3n) is 5.42. The minimum Gasteiger partial charge on any atom is -0.393 e. The van der Waals surface area contributed by atoms with E-state index >= 15 is 0 Å². The van der Waals surface area contributed by atoms with Crippen molar-refractivity contribution >= 4 is 0 Å². The van der Waals surface area contributed by atoms with Gasteiger partial charge in [-0.15, -0.1) is 5.10 Å². The average Bonchev–Trinajstić information content (AvgIpc) is 3.19. The van der Waals surface area contributed by atoms with E-state index in [1.165, 1.54) is 17.0 Å². The van der Waals surface area contributed by atoms with Crippen LogP contribution in [-0.4, -0.2) is 44.5 Å². The minimum atomic E-state index is -0.284. The number of nitrogens with zero attached hydrogens (tertiary/aromatic N) is 5. The second kappa shape index (κ2) is 8.47. The van der Waals surface area contributed by atoms with E-state index in [0.717, 1.165) is 24.2 Å². The van der Waals surface area contributed by atoms with Crippen LogP contribution in [0.3, 0.4) is 0 Å². The summed E-state index contributed by atoms with van der Waals surface area (Å²) in [5.41, 5.74) is 2.45. The molecule has 0 spiro atoms. The highest BCUT2D eigenvalue weighted by Crippen LogP contribution is 2.20. The molecule has 2 aromatic carbocycles. The fourth-order valence-electron chi connectivity index (χ4n) is 3.91. The molecule has 29 heavy (non-hydrogen) atoms. The number of halogens is 1. The Morgan fingerprint density at radius 1 is 1.21 bits per heavy atom. The average molecular weight is 393 g/mol. The fourth-order valence-corrected chi connectivity index (χ4v) is 3.91. The molecule has 8 heteroatoms. The minimum absolute atomic E-state index is 0.161. The molecule has 0 saturated carbocycles. The van der Waals surface area contributed by atoms with Crippen LogP contribution in [0, 0.1) is 17.1 Å². The molecule has 0 bridgehead atoms. The number of tetrazole rings is 1. The van der Waals surface area contributed by atoms with E-state index in [2.05, 4.69) is 21.6 Å². The fraction of sp³-hybridized carbons (Fsp3) is 0.333. The number of quaternary nitrogens is 1. The lowest BCUT2D eigenvalue weighted by Gasteiger charge is -2.32. The predicted molar refractivity (Wildman–Crippen MR) is 102 cm³/mol. The molecule has 0 aliphatic carbocycles. The van der Waals surface area contributed by atoms with Crippen molar-refractivity contribution in [2.45, 2.75) is 31.5 Å². The van der Waals surface area contributed by atoms with E-state index in [-0.39, 0.29) is 18.0 Å². The van der Waals surface area contributed by atoms with Gasteiger partial charge in [-0.1, -0.05) is 24.3 Å². The van der Waals surface area contributed by atoms with Crippen molar-refractivity contribution in [2.24, 2.45) is 0 Å². The topological polar surface area (TPSA) is 92.1 Å². The summed E-state index contributed by atoms with van der Waals surface area (Å²) in [6.07, 6.45) is 1.15. The Bertz CT molecular complexity index is 1000. The van der Waals surface area contributed by atoms with Gasteiger partial charge >= 0.3 is 0 Å². The molecule has 2 N–H and O–H groups in total. The first-order valence-corrected chi connectivity index (χ1v) is 9.67. The van der Waals surface area contributed by atoms with Crippen LogP contribution in [0.1, 0.15) is 41.4 Å². The maximum Gasteiger partial charge on any atom is 0.214 e. The number of piperidine rings is 1. The van der Waals surface area contributed by atoms with Gasteiger partial charge in [0.25, 0.3) is 0 Å². The Hall–Kier alpha value is -3.15. The SMILES string of the molecule is N#Cc1cccc([C@H](c2nnnn2Cc2ccc(F)cc2)[NH+]2CCC(O)CC2)c1. The van der Waals surface area contributed by atoms with E-state index in [1.807, 2.05) is 18.2 Å². The molecule has 1 aliphatic heterocycles. The Labute approximate surface area is 168 Å². The molecule has 7 nitrogen and oxygen atoms in total. The van der Waals surface area contributed by atoms with Gasteiger partial charge in [0.15, 0.2) is 6.04 Å². The standard InChI is InChI=1S/C21H21FN6O/c22-18-6-4-15(5-7-18)14-28-21(24-25-26-28)20(27-10-8-19(29)9-11-27)17-3-1-2-16(12-17)13-23/h1-7,12,19-20,29H,8-11,14H2/p+1/t20-/m1/s1. The number of hydrogen-bond acceptors (Lipinski definition) is 5. The summed E-state index contributed by atoms with van der Waals surface area (Å²) in [6, 6.07) is 15.8. The number of aliphatic hydroxyl groups excluding tert-OH is 1. The van der Waals surface area contributed by atoms with Gasteiger partial charge in [-0.2, -0.15) is 5.26 Å². The van der Waals surface area contributed by atoms with Crippen LogP contribution in [0.25, 0.3) is 0 Å². The van der Waals surface area contributed by atoms with Crippen LogP contribution >= 0.6 is 0 Å². The highest BCUT2D eigenvalue weighted by atomic mass is 19.1. The van der Waals surface area contributed by atoms with Crippen molar-refractivity contribution in [1.29, 1.82) is 5.26 Å². The van der Waals surface area contributed by atoms with Crippen LogP contribution in [0.5, 0.6) is 0 Å². The van der Waals surface area contributed by atoms with E-state index in [1.54, 1.807) is 22.9 Å². The maximum absolute atomic E-state index is 13.2. The van der Waals surface area contributed by atoms with Gasteiger partial charge in [-0.25, -0.2) is 9.07 Å². The van der Waals surface area contributed by atoms with Crippen molar-refractivity contribution in [2.75, 3.05) is 13.1 Å². The van der Waals surface area contributed by atoms with Crippen LogP contribution in [0.4, 0.5) is 4.39 Å². The quantitative estimate of drug-likeness (QED) is 0.671. The second-order valence-electron chi connectivity index (χ2n) is 7.38. The molecule has 0 amide bonds. The second-order valence-corrected chi connectivity index (χ2v) is 7.38. The third-order valence-corrected chi connectivity index (χ3v) is 5.42. The molecule has 0 radical (unpaired) electrons. The summed E-state index contributed by atoms with van der Waals surface area (Å²) in [4.78, 5) is 1.25. The molecule has 3 aromatic rings. The zero-order valence-corrected chi connectivity index (χ0v) is 15.9. The van der Waals surface area contributed by atoms with Gasteiger partial charge in [0.2, 0.25) is 5.82 Å². The monoisotopic (exact) mass is 393 g/mol. The lowest BCUT2D eigenvalue weighted by molar-refractivity contribution is -0.932. The zero-order valence-electron chi connectivity index (χ0n) is 15.9. The number of hydrogen-bond donors (Lipinski definition) is 2. The zero-order chi connectivity index (χ0) is 20.2.